The van der Waals surface area contributed by atoms with E-state index in [1.54, 1.807) is 12.4 Å². The molecule has 0 spiro atoms. The van der Waals surface area contributed by atoms with Crippen LogP contribution in [-0.2, 0) is 0 Å². The minimum absolute atomic E-state index is 0.258. The van der Waals surface area contributed by atoms with E-state index in [0.29, 0.717) is 17.6 Å². The molecule has 0 aliphatic carbocycles. The molecule has 1 aromatic heterocycles. The van der Waals surface area contributed by atoms with Gasteiger partial charge >= 0.3 is 0 Å². The van der Waals surface area contributed by atoms with Gasteiger partial charge in [-0.05, 0) is 21.0 Å². The van der Waals surface area contributed by atoms with Gasteiger partial charge in [-0.2, -0.15) is 0 Å². The number of anilines is 1. The lowest BCUT2D eigenvalue weighted by atomic mass is 10.3. The summed E-state index contributed by atoms with van der Waals surface area (Å²) in [7, 11) is 4.05. The van der Waals surface area contributed by atoms with E-state index in [2.05, 4.69) is 27.1 Å². The quantitative estimate of drug-likeness (QED) is 0.728. The van der Waals surface area contributed by atoms with Crippen molar-refractivity contribution in [3.05, 3.63) is 18.1 Å². The predicted molar refractivity (Wildman–Crippen MR) is 69.6 cm³/mol. The third kappa shape index (κ3) is 3.39. The molecular formula is C10H17N5S. The topological polar surface area (TPSA) is 67.1 Å². The average Bonchev–Trinajstić information content (AvgIpc) is 2.25. The summed E-state index contributed by atoms with van der Waals surface area (Å²) in [6.07, 6.45) is 3.19. The SMILES string of the molecule is CC(CNc1nccnc1C(N)=S)N(C)C. The molecule has 0 aliphatic heterocycles. The lowest BCUT2D eigenvalue weighted by Crippen LogP contribution is -2.32. The van der Waals surface area contributed by atoms with Gasteiger partial charge in [0.2, 0.25) is 0 Å². The monoisotopic (exact) mass is 239 g/mol. The van der Waals surface area contributed by atoms with E-state index in [1.165, 1.54) is 0 Å². The number of thiocarbonyl (C=S) groups is 1. The Balaban J connectivity index is 2.70. The Kier molecular flexibility index (Phi) is 4.57. The fourth-order valence-electron chi connectivity index (χ4n) is 1.07. The minimum Gasteiger partial charge on any atom is -0.388 e. The van der Waals surface area contributed by atoms with Crippen molar-refractivity contribution in [3.8, 4) is 0 Å². The van der Waals surface area contributed by atoms with Gasteiger partial charge < -0.3 is 16.0 Å². The Bertz CT molecular complexity index is 366. The summed E-state index contributed by atoms with van der Waals surface area (Å²) in [5, 5.41) is 3.19. The molecule has 88 valence electrons. The third-order valence-electron chi connectivity index (χ3n) is 2.38. The first-order valence-corrected chi connectivity index (χ1v) is 5.44. The molecule has 0 aromatic carbocycles. The zero-order valence-corrected chi connectivity index (χ0v) is 10.6. The van der Waals surface area contributed by atoms with Crippen LogP contribution in [-0.4, -0.2) is 46.5 Å². The van der Waals surface area contributed by atoms with E-state index < -0.39 is 0 Å². The molecule has 3 N–H and O–H groups in total. The van der Waals surface area contributed by atoms with Crippen molar-refractivity contribution in [2.24, 2.45) is 5.73 Å². The molecule has 0 saturated heterocycles. The molecule has 1 unspecified atom stereocenters. The second-order valence-corrected chi connectivity index (χ2v) is 4.25. The highest BCUT2D eigenvalue weighted by Gasteiger charge is 2.09. The number of likely N-dealkylation sites (N-methyl/N-ethyl adjacent to an activating group) is 1. The van der Waals surface area contributed by atoms with Crippen LogP contribution in [0.3, 0.4) is 0 Å². The van der Waals surface area contributed by atoms with Crippen LogP contribution in [0.25, 0.3) is 0 Å². The summed E-state index contributed by atoms with van der Waals surface area (Å²) >= 11 is 4.91. The Morgan fingerprint density at radius 1 is 1.50 bits per heavy atom. The largest absolute Gasteiger partial charge is 0.388 e. The van der Waals surface area contributed by atoms with Crippen molar-refractivity contribution < 1.29 is 0 Å². The maximum absolute atomic E-state index is 5.56. The highest BCUT2D eigenvalue weighted by atomic mass is 32.1. The third-order valence-corrected chi connectivity index (χ3v) is 2.57. The summed E-state index contributed by atoms with van der Waals surface area (Å²) in [4.78, 5) is 10.6. The lowest BCUT2D eigenvalue weighted by Gasteiger charge is -2.20. The molecule has 1 aromatic rings. The minimum atomic E-state index is 0.258. The zero-order valence-electron chi connectivity index (χ0n) is 9.77. The average molecular weight is 239 g/mol. The van der Waals surface area contributed by atoms with Gasteiger partial charge in [0.1, 0.15) is 10.7 Å². The zero-order chi connectivity index (χ0) is 12.1. The van der Waals surface area contributed by atoms with Gasteiger partial charge in [-0.25, -0.2) is 9.97 Å². The van der Waals surface area contributed by atoms with Gasteiger partial charge in [0, 0.05) is 25.0 Å². The van der Waals surface area contributed by atoms with E-state index in [1.807, 2.05) is 14.1 Å². The van der Waals surface area contributed by atoms with Crippen LogP contribution < -0.4 is 11.1 Å². The number of hydrogen-bond donors (Lipinski definition) is 2. The van der Waals surface area contributed by atoms with Gasteiger partial charge in [0.15, 0.2) is 5.82 Å². The van der Waals surface area contributed by atoms with E-state index in [-0.39, 0.29) is 4.99 Å². The first kappa shape index (κ1) is 12.8. The molecule has 0 bridgehead atoms. The van der Waals surface area contributed by atoms with Gasteiger partial charge in [-0.3, -0.25) is 0 Å². The van der Waals surface area contributed by atoms with Crippen LogP contribution in [0, 0.1) is 0 Å². The summed E-state index contributed by atoms with van der Waals surface area (Å²) in [5.41, 5.74) is 6.10. The first-order valence-electron chi connectivity index (χ1n) is 5.03. The maximum Gasteiger partial charge on any atom is 0.155 e. The van der Waals surface area contributed by atoms with Crippen molar-refractivity contribution in [1.29, 1.82) is 0 Å². The molecule has 16 heavy (non-hydrogen) atoms. The van der Waals surface area contributed by atoms with E-state index in [4.69, 9.17) is 18.0 Å². The summed E-state index contributed by atoms with van der Waals surface area (Å²) in [5.74, 6) is 0.642. The Morgan fingerprint density at radius 3 is 2.69 bits per heavy atom. The van der Waals surface area contributed by atoms with Crippen LogP contribution in [0.15, 0.2) is 12.4 Å². The highest BCUT2D eigenvalue weighted by molar-refractivity contribution is 7.80. The maximum atomic E-state index is 5.56. The molecule has 5 nitrogen and oxygen atoms in total. The molecule has 0 radical (unpaired) electrons. The molecule has 0 fully saturated rings. The fraction of sp³-hybridized carbons (Fsp3) is 0.500. The Morgan fingerprint density at radius 2 is 2.12 bits per heavy atom. The van der Waals surface area contributed by atoms with Crippen LogP contribution in [0.5, 0.6) is 0 Å². The van der Waals surface area contributed by atoms with Crippen LogP contribution >= 0.6 is 12.2 Å². The van der Waals surface area contributed by atoms with Crippen molar-refractivity contribution in [3.63, 3.8) is 0 Å². The molecule has 0 saturated carbocycles. The fourth-order valence-corrected chi connectivity index (χ4v) is 1.22. The number of nitrogens with zero attached hydrogens (tertiary/aromatic N) is 3. The normalized spacial score (nSPS) is 12.5. The molecule has 1 heterocycles. The van der Waals surface area contributed by atoms with Crippen LogP contribution in [0.2, 0.25) is 0 Å². The summed E-state index contributed by atoms with van der Waals surface area (Å²) < 4.78 is 0. The van der Waals surface area contributed by atoms with E-state index in [9.17, 15) is 0 Å². The van der Waals surface area contributed by atoms with Crippen molar-refractivity contribution in [2.75, 3.05) is 26.0 Å². The summed E-state index contributed by atoms with van der Waals surface area (Å²) in [6, 6.07) is 0.390. The van der Waals surface area contributed by atoms with Crippen LogP contribution in [0.4, 0.5) is 5.82 Å². The molecule has 0 amide bonds. The second kappa shape index (κ2) is 5.72. The van der Waals surface area contributed by atoms with E-state index in [0.717, 1.165) is 6.54 Å². The first-order chi connectivity index (χ1) is 7.52. The van der Waals surface area contributed by atoms with E-state index >= 15 is 0 Å². The highest BCUT2D eigenvalue weighted by Crippen LogP contribution is 2.08. The number of nitrogens with one attached hydrogen (secondary N) is 1. The van der Waals surface area contributed by atoms with Gasteiger partial charge in [0.05, 0.1) is 0 Å². The molecule has 1 rings (SSSR count). The van der Waals surface area contributed by atoms with Gasteiger partial charge in [-0.1, -0.05) is 12.2 Å². The molecule has 0 aliphatic rings. The van der Waals surface area contributed by atoms with Crippen molar-refractivity contribution in [2.45, 2.75) is 13.0 Å². The smallest absolute Gasteiger partial charge is 0.155 e. The Labute approximate surface area is 101 Å². The van der Waals surface area contributed by atoms with Crippen molar-refractivity contribution >= 4 is 23.0 Å². The predicted octanol–water partition coefficient (Wildman–Crippen LogP) is 0.473. The van der Waals surface area contributed by atoms with Gasteiger partial charge in [0.25, 0.3) is 0 Å². The number of rotatable bonds is 5. The molecule has 6 heteroatoms. The lowest BCUT2D eigenvalue weighted by molar-refractivity contribution is 0.326. The van der Waals surface area contributed by atoms with Crippen LogP contribution in [0.1, 0.15) is 12.6 Å². The second-order valence-electron chi connectivity index (χ2n) is 3.81. The van der Waals surface area contributed by atoms with Gasteiger partial charge in [-0.15, -0.1) is 0 Å². The number of aromatic nitrogens is 2. The number of nitrogens with two attached hydrogens (primary N) is 1. The standard InChI is InChI=1S/C10H17N5S/c1-7(15(2)3)6-14-10-8(9(11)16)12-4-5-13-10/h4-5,7H,6H2,1-3H3,(H2,11,16)(H,13,14). The Hall–Kier alpha value is -1.27. The molecule has 1 atom stereocenters. The van der Waals surface area contributed by atoms with Crippen molar-refractivity contribution in [1.82, 2.24) is 14.9 Å². The molecular weight excluding hydrogens is 222 g/mol. The number of hydrogen-bond acceptors (Lipinski definition) is 5. The summed E-state index contributed by atoms with van der Waals surface area (Å²) in [6.45, 7) is 2.88.